The summed E-state index contributed by atoms with van der Waals surface area (Å²) >= 11 is 1.16. The number of carbonyl (C=O) groups excluding carboxylic acids is 1. The first-order valence-electron chi connectivity index (χ1n) is 7.74. The average Bonchev–Trinajstić information content (AvgIpc) is 2.89. The number of hydrogen-bond donors (Lipinski definition) is 0. The zero-order valence-corrected chi connectivity index (χ0v) is 14.8. The number of carboxylic acid groups (broad SMARTS) is 1. The molecule has 0 spiro atoms. The van der Waals surface area contributed by atoms with Gasteiger partial charge in [0, 0.05) is 6.42 Å². The Morgan fingerprint density at radius 2 is 1.96 bits per heavy atom. The van der Waals surface area contributed by atoms with E-state index in [1.807, 2.05) is 12.1 Å². The molecule has 0 N–H and O–H groups in total. The van der Waals surface area contributed by atoms with E-state index >= 15 is 0 Å². The minimum absolute atomic E-state index is 0.165. The Morgan fingerprint density at radius 1 is 1.30 bits per heavy atom. The number of nitrogens with zero attached hydrogens (tertiary/aromatic N) is 1. The number of aryl methyl sites for hydroxylation is 1. The zero-order chi connectivity index (χ0) is 17.0. The molecule has 1 heterocycles. The molecule has 2 rings (SSSR count). The van der Waals surface area contributed by atoms with Gasteiger partial charge in [-0.15, -0.1) is 11.3 Å². The van der Waals surface area contributed by atoms with Crippen LogP contribution in [-0.4, -0.2) is 17.6 Å². The highest BCUT2D eigenvalue weighted by molar-refractivity contribution is 7.13. The third-order valence-corrected chi connectivity index (χ3v) is 5.33. The molecule has 0 saturated carbocycles. The largest absolute Gasteiger partial charge is 0.544 e. The molecular weight excluding hydrogens is 310 g/mol. The lowest BCUT2D eigenvalue weighted by Crippen LogP contribution is -2.21. The highest BCUT2D eigenvalue weighted by Gasteiger charge is 2.17. The number of thiazole rings is 1. The van der Waals surface area contributed by atoms with Crippen molar-refractivity contribution in [2.75, 3.05) is 6.61 Å². The van der Waals surface area contributed by atoms with Crippen LogP contribution in [0.3, 0.4) is 0 Å². The van der Waals surface area contributed by atoms with Crippen LogP contribution in [0.5, 0.6) is 5.75 Å². The van der Waals surface area contributed by atoms with Gasteiger partial charge in [0.2, 0.25) is 0 Å². The van der Waals surface area contributed by atoms with E-state index in [9.17, 15) is 9.90 Å². The first-order chi connectivity index (χ1) is 10.8. The molecule has 23 heavy (non-hydrogen) atoms. The van der Waals surface area contributed by atoms with Gasteiger partial charge in [0.1, 0.15) is 5.75 Å². The van der Waals surface area contributed by atoms with Crippen LogP contribution < -0.4 is 9.84 Å². The first kappa shape index (κ1) is 17.5. The van der Waals surface area contributed by atoms with Gasteiger partial charge in [-0.05, 0) is 36.5 Å². The van der Waals surface area contributed by atoms with Crippen LogP contribution in [0.2, 0.25) is 0 Å². The molecular formula is C18H22NO3S-. The summed E-state index contributed by atoms with van der Waals surface area (Å²) in [6, 6.07) is 8.15. The maximum absolute atomic E-state index is 10.9. The molecule has 0 bridgehead atoms. The van der Waals surface area contributed by atoms with Crippen molar-refractivity contribution in [3.63, 3.8) is 0 Å². The standard InChI is InChI=1S/C18H23NO3S/c1-5-18(3,4)13-6-8-14(9-7-13)22-11-10-15-19-12(2)16(23-15)17(20)21/h6-9H,5,10-11H2,1-4H3,(H,20,21)/p-1. The van der Waals surface area contributed by atoms with Crippen molar-refractivity contribution in [1.29, 1.82) is 0 Å². The second kappa shape index (κ2) is 7.13. The predicted molar refractivity (Wildman–Crippen MR) is 90.1 cm³/mol. The van der Waals surface area contributed by atoms with E-state index < -0.39 is 5.97 Å². The van der Waals surface area contributed by atoms with E-state index in [4.69, 9.17) is 4.74 Å². The summed E-state index contributed by atoms with van der Waals surface area (Å²) in [5.74, 6) is -0.352. The van der Waals surface area contributed by atoms with Gasteiger partial charge in [0.25, 0.3) is 0 Å². The minimum atomic E-state index is -1.17. The fourth-order valence-electron chi connectivity index (χ4n) is 2.21. The van der Waals surface area contributed by atoms with Gasteiger partial charge < -0.3 is 14.6 Å². The van der Waals surface area contributed by atoms with Gasteiger partial charge in [0.05, 0.1) is 28.2 Å². The highest BCUT2D eigenvalue weighted by atomic mass is 32.1. The van der Waals surface area contributed by atoms with Crippen molar-refractivity contribution < 1.29 is 14.6 Å². The van der Waals surface area contributed by atoms with E-state index in [-0.39, 0.29) is 10.3 Å². The number of aromatic carboxylic acids is 1. The van der Waals surface area contributed by atoms with E-state index in [0.29, 0.717) is 18.7 Å². The Kier molecular flexibility index (Phi) is 5.42. The molecule has 0 aliphatic heterocycles. The van der Waals surface area contributed by atoms with Crippen LogP contribution in [0.25, 0.3) is 0 Å². The van der Waals surface area contributed by atoms with Crippen LogP contribution in [0.15, 0.2) is 24.3 Å². The Labute approximate surface area is 141 Å². The molecule has 0 saturated heterocycles. The third kappa shape index (κ3) is 4.32. The molecule has 5 heteroatoms. The Bertz CT molecular complexity index is 674. The van der Waals surface area contributed by atoms with Gasteiger partial charge in [-0.25, -0.2) is 4.98 Å². The van der Waals surface area contributed by atoms with Crippen LogP contribution in [0, 0.1) is 6.92 Å². The van der Waals surface area contributed by atoms with Crippen LogP contribution in [0.1, 0.15) is 53.1 Å². The van der Waals surface area contributed by atoms with Gasteiger partial charge >= 0.3 is 0 Å². The van der Waals surface area contributed by atoms with Crippen LogP contribution >= 0.6 is 11.3 Å². The molecule has 124 valence electrons. The van der Waals surface area contributed by atoms with Gasteiger partial charge in [-0.2, -0.15) is 0 Å². The van der Waals surface area contributed by atoms with Crippen molar-refractivity contribution in [3.05, 3.63) is 45.4 Å². The number of hydrogen-bond acceptors (Lipinski definition) is 5. The van der Waals surface area contributed by atoms with Gasteiger partial charge in [-0.1, -0.05) is 32.9 Å². The topological polar surface area (TPSA) is 62.2 Å². The summed E-state index contributed by atoms with van der Waals surface area (Å²) in [7, 11) is 0. The fraction of sp³-hybridized carbons (Fsp3) is 0.444. The summed E-state index contributed by atoms with van der Waals surface area (Å²) in [5, 5.41) is 11.7. The Hall–Kier alpha value is -1.88. The average molecular weight is 332 g/mol. The van der Waals surface area contributed by atoms with E-state index in [0.717, 1.165) is 28.5 Å². The molecule has 4 nitrogen and oxygen atoms in total. The van der Waals surface area contributed by atoms with Crippen molar-refractivity contribution in [2.45, 2.75) is 46.0 Å². The third-order valence-electron chi connectivity index (χ3n) is 4.13. The maximum atomic E-state index is 10.9. The monoisotopic (exact) mass is 332 g/mol. The Balaban J connectivity index is 1.92. The molecule has 0 atom stereocenters. The summed E-state index contributed by atoms with van der Waals surface area (Å²) in [4.78, 5) is 15.3. The van der Waals surface area contributed by atoms with Crippen molar-refractivity contribution >= 4 is 17.3 Å². The lowest BCUT2D eigenvalue weighted by molar-refractivity contribution is -0.254. The second-order valence-electron chi connectivity index (χ2n) is 6.17. The van der Waals surface area contributed by atoms with Gasteiger partial charge in [0.15, 0.2) is 0 Å². The minimum Gasteiger partial charge on any atom is -0.544 e. The highest BCUT2D eigenvalue weighted by Crippen LogP contribution is 2.28. The summed E-state index contributed by atoms with van der Waals surface area (Å²) in [6.45, 7) is 8.78. The number of carbonyl (C=O) groups is 1. The van der Waals surface area contributed by atoms with Crippen molar-refractivity contribution in [1.82, 2.24) is 4.98 Å². The number of carboxylic acids is 1. The van der Waals surface area contributed by atoms with Crippen LogP contribution in [0.4, 0.5) is 0 Å². The quantitative estimate of drug-likeness (QED) is 0.781. The van der Waals surface area contributed by atoms with E-state index in [1.54, 1.807) is 6.92 Å². The fourth-order valence-corrected chi connectivity index (χ4v) is 3.09. The SMILES string of the molecule is CCC(C)(C)c1ccc(OCCc2nc(C)c(C(=O)[O-])s2)cc1. The predicted octanol–water partition coefficient (Wildman–Crippen LogP) is 3.12. The molecule has 2 aromatic rings. The Morgan fingerprint density at radius 3 is 2.48 bits per heavy atom. The van der Waals surface area contributed by atoms with Gasteiger partial charge in [-0.3, -0.25) is 0 Å². The molecule has 1 aromatic heterocycles. The number of aromatic nitrogens is 1. The first-order valence-corrected chi connectivity index (χ1v) is 8.56. The summed E-state index contributed by atoms with van der Waals surface area (Å²) < 4.78 is 5.72. The molecule has 1 aromatic carbocycles. The van der Waals surface area contributed by atoms with Crippen LogP contribution in [-0.2, 0) is 11.8 Å². The smallest absolute Gasteiger partial charge is 0.119 e. The maximum Gasteiger partial charge on any atom is 0.119 e. The molecule has 0 amide bonds. The van der Waals surface area contributed by atoms with Crippen molar-refractivity contribution in [3.8, 4) is 5.75 Å². The lowest BCUT2D eigenvalue weighted by Gasteiger charge is -2.23. The number of benzene rings is 1. The summed E-state index contributed by atoms with van der Waals surface area (Å²) in [5.41, 5.74) is 1.97. The second-order valence-corrected chi connectivity index (χ2v) is 7.25. The zero-order valence-electron chi connectivity index (χ0n) is 14.0. The molecule has 0 unspecified atom stereocenters. The summed E-state index contributed by atoms with van der Waals surface area (Å²) in [6.07, 6.45) is 1.67. The van der Waals surface area contributed by atoms with E-state index in [2.05, 4.69) is 37.9 Å². The number of ether oxygens (including phenoxy) is 1. The number of rotatable bonds is 7. The van der Waals surface area contributed by atoms with E-state index in [1.165, 1.54) is 5.56 Å². The molecule has 0 radical (unpaired) electrons. The normalized spacial score (nSPS) is 11.5. The molecule has 0 fully saturated rings. The van der Waals surface area contributed by atoms with Crippen molar-refractivity contribution in [2.24, 2.45) is 0 Å². The lowest BCUT2D eigenvalue weighted by atomic mass is 9.82. The molecule has 0 aliphatic carbocycles. The molecule has 0 aliphatic rings.